The van der Waals surface area contributed by atoms with Crippen molar-refractivity contribution >= 4 is 23.6 Å². The van der Waals surface area contributed by atoms with E-state index < -0.39 is 59.4 Å². The molecule has 0 aromatic heterocycles. The van der Waals surface area contributed by atoms with Gasteiger partial charge >= 0.3 is 6.09 Å². The van der Waals surface area contributed by atoms with Crippen molar-refractivity contribution in [2.75, 3.05) is 34.6 Å². The first-order chi connectivity index (χ1) is 23.1. The number of nitrogens with zero attached hydrogens (tertiary/aromatic N) is 3. The number of carbonyl (C=O) groups is 4. The minimum absolute atomic E-state index is 0.0415. The molecule has 2 unspecified atom stereocenters. The number of benzene rings is 1. The number of carbonyl (C=O) groups excluding carboxylic acids is 4. The predicted molar refractivity (Wildman–Crippen MR) is 176 cm³/mol. The molecule has 5 rings (SSSR count). The Bertz CT molecular complexity index is 1690. The minimum Gasteiger partial charge on any atom is -0.507 e. The lowest BCUT2D eigenvalue weighted by molar-refractivity contribution is -0.134. The van der Waals surface area contributed by atoms with E-state index in [2.05, 4.69) is 21.6 Å². The average molecular weight is 680 g/mol. The smallest absolute Gasteiger partial charge is 0.408 e. The third-order valence-electron chi connectivity index (χ3n) is 9.78. The second-order valence-corrected chi connectivity index (χ2v) is 14.0. The van der Waals surface area contributed by atoms with Gasteiger partial charge in [-0.2, -0.15) is 5.26 Å². The van der Waals surface area contributed by atoms with Crippen LogP contribution in [0.25, 0.3) is 0 Å². The fourth-order valence-electron chi connectivity index (χ4n) is 7.72. The molecule has 1 aromatic carbocycles. The molecule has 0 spiro atoms. The van der Waals surface area contributed by atoms with Crippen LogP contribution in [-0.2, 0) is 30.3 Å². The largest absolute Gasteiger partial charge is 0.507 e. The van der Waals surface area contributed by atoms with E-state index in [1.54, 1.807) is 27.9 Å². The molecule has 3 N–H and O–H groups in total. The van der Waals surface area contributed by atoms with Gasteiger partial charge in [-0.1, -0.05) is 6.07 Å². The van der Waals surface area contributed by atoms with Crippen LogP contribution in [0, 0.1) is 18.3 Å². The van der Waals surface area contributed by atoms with E-state index in [4.69, 9.17) is 18.9 Å². The van der Waals surface area contributed by atoms with Crippen LogP contribution < -0.4 is 20.1 Å². The number of likely N-dealkylation sites (N-methyl/N-ethyl adjacent to an activating group) is 1. The van der Waals surface area contributed by atoms with Gasteiger partial charge in [-0.05, 0) is 72.6 Å². The molecule has 14 heteroatoms. The molecule has 2 amide bonds. The van der Waals surface area contributed by atoms with Crippen molar-refractivity contribution in [2.24, 2.45) is 0 Å². The van der Waals surface area contributed by atoms with Gasteiger partial charge in [0.2, 0.25) is 17.5 Å². The van der Waals surface area contributed by atoms with Crippen LogP contribution in [0.3, 0.4) is 0 Å². The molecule has 3 heterocycles. The average Bonchev–Trinajstić information content (AvgIpc) is 3.03. The Morgan fingerprint density at radius 1 is 1.12 bits per heavy atom. The number of aliphatic hydroxyl groups excluding tert-OH is 1. The number of nitrogens with one attached hydrogen (secondary N) is 2. The molecule has 0 radical (unpaired) electrons. The van der Waals surface area contributed by atoms with Gasteiger partial charge in [0.05, 0.1) is 25.3 Å². The molecular formula is C35H45N5O9. The number of amides is 2. The molecule has 6 atom stereocenters. The van der Waals surface area contributed by atoms with Crippen molar-refractivity contribution in [3.8, 4) is 17.6 Å². The fraction of sp³-hybridized carbons (Fsp3) is 0.571. The van der Waals surface area contributed by atoms with Crippen molar-refractivity contribution < 1.29 is 43.2 Å². The highest BCUT2D eigenvalue weighted by Gasteiger charge is 2.57. The first-order valence-electron chi connectivity index (χ1n) is 16.3. The number of aliphatic hydroxyl groups is 1. The number of ether oxygens (including phenoxy) is 4. The number of hydrogen-bond acceptors (Lipinski definition) is 12. The topological polar surface area (TPSA) is 180 Å². The Morgan fingerprint density at radius 2 is 1.82 bits per heavy atom. The molecule has 1 saturated heterocycles. The summed E-state index contributed by atoms with van der Waals surface area (Å²) >= 11 is 0. The van der Waals surface area contributed by atoms with Crippen LogP contribution in [0.2, 0.25) is 0 Å². The molecule has 49 heavy (non-hydrogen) atoms. The Morgan fingerprint density at radius 3 is 2.43 bits per heavy atom. The fourth-order valence-corrected chi connectivity index (χ4v) is 7.72. The number of alkyl carbamates (subject to hydrolysis) is 1. The maximum absolute atomic E-state index is 13.7. The van der Waals surface area contributed by atoms with Crippen LogP contribution >= 0.6 is 0 Å². The zero-order valence-electron chi connectivity index (χ0n) is 29.4. The van der Waals surface area contributed by atoms with Gasteiger partial charge in [-0.3, -0.25) is 24.2 Å². The Labute approximate surface area is 286 Å². The van der Waals surface area contributed by atoms with E-state index in [-0.39, 0.29) is 42.7 Å². The number of methoxy groups -OCH3 is 2. The van der Waals surface area contributed by atoms with Crippen LogP contribution in [0.4, 0.5) is 4.79 Å². The predicted octanol–water partition coefficient (Wildman–Crippen LogP) is 2.54. The second-order valence-electron chi connectivity index (χ2n) is 14.0. The third kappa shape index (κ3) is 6.26. The summed E-state index contributed by atoms with van der Waals surface area (Å²) in [7, 11) is 5.02. The number of Topliss-reactive ketones (excluding diaryl/α,β-unsaturated/α-hetero) is 2. The molecular weight excluding hydrogens is 634 g/mol. The van der Waals surface area contributed by atoms with Crippen molar-refractivity contribution in [3.05, 3.63) is 45.2 Å². The number of fused-ring (bicyclic) bond motifs is 6. The van der Waals surface area contributed by atoms with E-state index >= 15 is 0 Å². The normalized spacial score (nSPS) is 25.8. The number of hydrogen-bond donors (Lipinski definition) is 3. The van der Waals surface area contributed by atoms with Gasteiger partial charge in [0.1, 0.15) is 23.4 Å². The van der Waals surface area contributed by atoms with Crippen molar-refractivity contribution in [2.45, 2.75) is 96.2 Å². The van der Waals surface area contributed by atoms with E-state index in [1.165, 1.54) is 21.0 Å². The minimum atomic E-state index is -1.01. The number of allylic oxidation sites excluding steroid dienone is 2. The van der Waals surface area contributed by atoms with Gasteiger partial charge in [0.15, 0.2) is 18.3 Å². The first kappa shape index (κ1) is 35.8. The van der Waals surface area contributed by atoms with Crippen LogP contribution in [0.15, 0.2) is 28.5 Å². The Hall–Kier alpha value is -4.45. The van der Waals surface area contributed by atoms with E-state index in [0.717, 1.165) is 16.7 Å². The van der Waals surface area contributed by atoms with E-state index in [9.17, 15) is 29.5 Å². The van der Waals surface area contributed by atoms with Crippen molar-refractivity contribution in [1.29, 1.82) is 5.26 Å². The SMILES string of the molecule is COCOc1c(OC)c(C)cc2c1[C@@H]1C3CC4=C(C(=O)C(=O)C(C)=C4O)[C@H](CNC(=O)C(C)NC(=O)OC(C)(C)C)N3[C@@H](C#N)[C@@H](C2)N1C. The number of ketones is 2. The summed E-state index contributed by atoms with van der Waals surface area (Å²) in [6, 6.07) is 0.496. The van der Waals surface area contributed by atoms with Crippen LogP contribution in [0.5, 0.6) is 11.5 Å². The lowest BCUT2D eigenvalue weighted by Gasteiger charge is -2.60. The summed E-state index contributed by atoms with van der Waals surface area (Å²) < 4.78 is 22.5. The lowest BCUT2D eigenvalue weighted by Crippen LogP contribution is -2.71. The monoisotopic (exact) mass is 679 g/mol. The molecule has 4 aliphatic rings. The van der Waals surface area contributed by atoms with Gasteiger partial charge < -0.3 is 34.7 Å². The van der Waals surface area contributed by atoms with Gasteiger partial charge in [0, 0.05) is 48.0 Å². The van der Waals surface area contributed by atoms with Crippen molar-refractivity contribution in [3.63, 3.8) is 0 Å². The highest BCUT2D eigenvalue weighted by atomic mass is 16.7. The van der Waals surface area contributed by atoms with Crippen LogP contribution in [-0.4, -0.2) is 109 Å². The number of piperazine rings is 1. The maximum atomic E-state index is 13.7. The third-order valence-corrected chi connectivity index (χ3v) is 9.78. The highest BCUT2D eigenvalue weighted by Crippen LogP contribution is 2.54. The highest BCUT2D eigenvalue weighted by molar-refractivity contribution is 6.50. The second kappa shape index (κ2) is 13.5. The molecule has 2 bridgehead atoms. The Kier molecular flexibility index (Phi) is 9.84. The molecule has 1 aromatic rings. The zero-order valence-corrected chi connectivity index (χ0v) is 29.4. The summed E-state index contributed by atoms with van der Waals surface area (Å²) in [6.45, 7) is 9.71. The summed E-state index contributed by atoms with van der Waals surface area (Å²) in [5, 5.41) is 27.4. The summed E-state index contributed by atoms with van der Waals surface area (Å²) in [5.41, 5.74) is 2.20. The van der Waals surface area contributed by atoms with E-state index in [1.807, 2.05) is 24.9 Å². The molecule has 1 fully saturated rings. The number of nitriles is 1. The quantitative estimate of drug-likeness (QED) is 0.208. The van der Waals surface area contributed by atoms with Crippen molar-refractivity contribution in [1.82, 2.24) is 20.4 Å². The van der Waals surface area contributed by atoms with Gasteiger partial charge in [-0.15, -0.1) is 0 Å². The molecule has 1 aliphatic carbocycles. The van der Waals surface area contributed by atoms with E-state index in [0.29, 0.717) is 23.5 Å². The zero-order chi connectivity index (χ0) is 36.1. The Balaban J connectivity index is 1.61. The summed E-state index contributed by atoms with van der Waals surface area (Å²) in [5.74, 6) is -1.42. The van der Waals surface area contributed by atoms with Crippen LogP contribution in [0.1, 0.15) is 63.8 Å². The standard InChI is InChI=1S/C35H45N5O9/c1-16-10-19-11-21-23(13-36)40-22(27(39(21)7)25(19)32(31(16)47-9)48-15-46-8)12-20-26(30(43)29(42)17(2)28(20)41)24(40)14-37-33(44)18(3)38-34(45)49-35(4,5)6/h10,18,21-24,27,41H,11-12,14-15H2,1-9H3,(H,37,44)(H,38,45)/t18?,21-,22?,23+,24+,27+/m1/s1. The van der Waals surface area contributed by atoms with Gasteiger partial charge in [-0.25, -0.2) is 4.79 Å². The molecule has 14 nitrogen and oxygen atoms in total. The molecule has 264 valence electrons. The maximum Gasteiger partial charge on any atom is 0.408 e. The lowest BCUT2D eigenvalue weighted by atomic mass is 9.70. The molecule has 3 aliphatic heterocycles. The summed E-state index contributed by atoms with van der Waals surface area (Å²) in [6.07, 6.45) is -0.168. The first-order valence-corrected chi connectivity index (χ1v) is 16.3. The molecule has 0 saturated carbocycles. The number of aryl methyl sites for hydroxylation is 1. The number of rotatable bonds is 8. The summed E-state index contributed by atoms with van der Waals surface area (Å²) in [4.78, 5) is 56.6. The van der Waals surface area contributed by atoms with Gasteiger partial charge in [0.25, 0.3) is 0 Å².